The van der Waals surface area contributed by atoms with Gasteiger partial charge in [0.15, 0.2) is 0 Å². The minimum atomic E-state index is -0.498. The zero-order valence-electron chi connectivity index (χ0n) is 14.2. The Kier molecular flexibility index (Phi) is 4.69. The van der Waals surface area contributed by atoms with Crippen LogP contribution < -0.4 is 10.6 Å². The van der Waals surface area contributed by atoms with E-state index >= 15 is 0 Å². The third kappa shape index (κ3) is 4.07. The number of benzene rings is 1. The van der Waals surface area contributed by atoms with Gasteiger partial charge in [-0.2, -0.15) is 5.26 Å². The maximum Gasteiger partial charge on any atom is 0.410 e. The normalized spacial score (nSPS) is 17.7. The topological polar surface area (TPSA) is 82.6 Å². The standard InChI is InChI=1S/C17H24N4O2/c1-17(2,3)23-16(22)20(4)14-7-8-21(11-14)13-5-6-15(19)12(9-13)10-18/h5-6,9,14H,7-8,11,19H2,1-4H3/t14-/m1/s1. The summed E-state index contributed by atoms with van der Waals surface area (Å²) in [6.45, 7) is 7.11. The first-order valence-electron chi connectivity index (χ1n) is 7.71. The van der Waals surface area contributed by atoms with Gasteiger partial charge < -0.3 is 20.3 Å². The van der Waals surface area contributed by atoms with E-state index in [4.69, 9.17) is 15.7 Å². The number of ether oxygens (including phenoxy) is 1. The highest BCUT2D eigenvalue weighted by molar-refractivity contribution is 5.69. The van der Waals surface area contributed by atoms with E-state index in [2.05, 4.69) is 11.0 Å². The van der Waals surface area contributed by atoms with Gasteiger partial charge in [-0.1, -0.05) is 0 Å². The monoisotopic (exact) mass is 316 g/mol. The van der Waals surface area contributed by atoms with Gasteiger partial charge in [-0.3, -0.25) is 0 Å². The average Bonchev–Trinajstić information content (AvgIpc) is 2.95. The van der Waals surface area contributed by atoms with Crippen LogP contribution in [0.3, 0.4) is 0 Å². The van der Waals surface area contributed by atoms with Gasteiger partial charge in [0.25, 0.3) is 0 Å². The summed E-state index contributed by atoms with van der Waals surface area (Å²) in [5, 5.41) is 9.09. The van der Waals surface area contributed by atoms with Crippen molar-refractivity contribution in [2.45, 2.75) is 38.8 Å². The molecule has 1 aliphatic heterocycles. The molecule has 6 heteroatoms. The number of rotatable bonds is 2. The van der Waals surface area contributed by atoms with Crippen LogP contribution in [0.2, 0.25) is 0 Å². The fourth-order valence-electron chi connectivity index (χ4n) is 2.61. The molecule has 124 valence electrons. The number of nitrogens with zero attached hydrogens (tertiary/aromatic N) is 3. The summed E-state index contributed by atoms with van der Waals surface area (Å²) in [4.78, 5) is 16.0. The largest absolute Gasteiger partial charge is 0.444 e. The molecule has 1 heterocycles. The molecule has 1 aromatic carbocycles. The van der Waals surface area contributed by atoms with Crippen LogP contribution in [-0.2, 0) is 4.74 Å². The Bertz CT molecular complexity index is 630. The molecule has 1 atom stereocenters. The number of nitrogen functional groups attached to an aromatic ring is 1. The third-order valence-electron chi connectivity index (χ3n) is 3.92. The molecule has 0 radical (unpaired) electrons. The van der Waals surface area contributed by atoms with Crippen LogP contribution >= 0.6 is 0 Å². The predicted molar refractivity (Wildman–Crippen MR) is 90.2 cm³/mol. The quantitative estimate of drug-likeness (QED) is 0.848. The SMILES string of the molecule is CN(C(=O)OC(C)(C)C)[C@@H]1CCN(c2ccc(N)c(C#N)c2)C1. The van der Waals surface area contributed by atoms with E-state index < -0.39 is 5.60 Å². The number of nitrogens with two attached hydrogens (primary N) is 1. The lowest BCUT2D eigenvalue weighted by molar-refractivity contribution is 0.0238. The van der Waals surface area contributed by atoms with Gasteiger partial charge in [0.1, 0.15) is 11.7 Å². The summed E-state index contributed by atoms with van der Waals surface area (Å²) >= 11 is 0. The van der Waals surface area contributed by atoms with Gasteiger partial charge in [-0.05, 0) is 45.4 Å². The van der Waals surface area contributed by atoms with Crippen LogP contribution in [0.1, 0.15) is 32.8 Å². The zero-order chi connectivity index (χ0) is 17.2. The summed E-state index contributed by atoms with van der Waals surface area (Å²) in [6.07, 6.45) is 0.557. The maximum atomic E-state index is 12.2. The van der Waals surface area contributed by atoms with Crippen LogP contribution in [0, 0.1) is 11.3 Å². The van der Waals surface area contributed by atoms with Crippen molar-refractivity contribution >= 4 is 17.5 Å². The summed E-state index contributed by atoms with van der Waals surface area (Å²) in [6, 6.07) is 7.65. The van der Waals surface area contributed by atoms with E-state index in [-0.39, 0.29) is 12.1 Å². The molecule has 0 unspecified atom stereocenters. The van der Waals surface area contributed by atoms with Gasteiger partial charge in [0.05, 0.1) is 11.6 Å². The third-order valence-corrected chi connectivity index (χ3v) is 3.92. The minimum absolute atomic E-state index is 0.0907. The van der Waals surface area contributed by atoms with Crippen molar-refractivity contribution in [3.05, 3.63) is 23.8 Å². The van der Waals surface area contributed by atoms with E-state index in [1.54, 1.807) is 24.1 Å². The number of carbonyl (C=O) groups excluding carboxylic acids is 1. The fourth-order valence-corrected chi connectivity index (χ4v) is 2.61. The number of amides is 1. The molecular formula is C17H24N4O2. The Balaban J connectivity index is 2.04. The Morgan fingerprint density at radius 3 is 2.78 bits per heavy atom. The second-order valence-corrected chi connectivity index (χ2v) is 6.86. The molecule has 1 saturated heterocycles. The molecular weight excluding hydrogens is 292 g/mol. The highest BCUT2D eigenvalue weighted by Gasteiger charge is 2.31. The number of carbonyl (C=O) groups is 1. The van der Waals surface area contributed by atoms with Crippen molar-refractivity contribution in [1.82, 2.24) is 4.90 Å². The fraction of sp³-hybridized carbons (Fsp3) is 0.529. The van der Waals surface area contributed by atoms with Crippen molar-refractivity contribution in [1.29, 1.82) is 5.26 Å². The van der Waals surface area contributed by atoms with Gasteiger partial charge in [0, 0.05) is 31.5 Å². The Hall–Kier alpha value is -2.42. The summed E-state index contributed by atoms with van der Waals surface area (Å²) in [7, 11) is 1.77. The molecule has 1 amide bonds. The number of anilines is 2. The lowest BCUT2D eigenvalue weighted by Crippen LogP contribution is -2.42. The molecule has 0 aliphatic carbocycles. The van der Waals surface area contributed by atoms with E-state index in [0.717, 1.165) is 18.7 Å². The van der Waals surface area contributed by atoms with E-state index in [1.165, 1.54) is 0 Å². The van der Waals surface area contributed by atoms with E-state index in [9.17, 15) is 4.79 Å². The van der Waals surface area contributed by atoms with Gasteiger partial charge in [-0.15, -0.1) is 0 Å². The number of likely N-dealkylation sites (N-methyl/N-ethyl adjacent to an activating group) is 1. The molecule has 0 spiro atoms. The summed E-state index contributed by atoms with van der Waals surface area (Å²) in [5.41, 5.74) is 7.18. The van der Waals surface area contributed by atoms with Crippen LogP contribution in [-0.4, -0.2) is 42.8 Å². The average molecular weight is 316 g/mol. The molecule has 0 bridgehead atoms. The zero-order valence-corrected chi connectivity index (χ0v) is 14.2. The van der Waals surface area contributed by atoms with Crippen molar-refractivity contribution in [3.63, 3.8) is 0 Å². The van der Waals surface area contributed by atoms with Crippen molar-refractivity contribution in [2.24, 2.45) is 0 Å². The number of hydrogen-bond acceptors (Lipinski definition) is 5. The molecule has 23 heavy (non-hydrogen) atoms. The lowest BCUT2D eigenvalue weighted by atomic mass is 10.1. The molecule has 1 aliphatic rings. The molecule has 2 N–H and O–H groups in total. The van der Waals surface area contributed by atoms with Gasteiger partial charge in [0.2, 0.25) is 0 Å². The van der Waals surface area contributed by atoms with E-state index in [1.807, 2.05) is 26.8 Å². The first kappa shape index (κ1) is 16.9. The number of hydrogen-bond donors (Lipinski definition) is 1. The van der Waals surface area contributed by atoms with Crippen molar-refractivity contribution < 1.29 is 9.53 Å². The van der Waals surface area contributed by atoms with Gasteiger partial charge in [-0.25, -0.2) is 4.79 Å². The van der Waals surface area contributed by atoms with Crippen LogP contribution in [0.25, 0.3) is 0 Å². The minimum Gasteiger partial charge on any atom is -0.444 e. The second-order valence-electron chi connectivity index (χ2n) is 6.86. The number of nitriles is 1. The smallest absolute Gasteiger partial charge is 0.410 e. The van der Waals surface area contributed by atoms with E-state index in [0.29, 0.717) is 17.8 Å². The lowest BCUT2D eigenvalue weighted by Gasteiger charge is -2.28. The van der Waals surface area contributed by atoms with Crippen LogP contribution in [0.4, 0.5) is 16.2 Å². The molecule has 1 fully saturated rings. The highest BCUT2D eigenvalue weighted by atomic mass is 16.6. The summed E-state index contributed by atoms with van der Waals surface area (Å²) < 4.78 is 5.41. The van der Waals surface area contributed by atoms with Crippen molar-refractivity contribution in [2.75, 3.05) is 30.8 Å². The Labute approximate surface area is 137 Å². The first-order chi connectivity index (χ1) is 10.7. The maximum absolute atomic E-state index is 12.2. The highest BCUT2D eigenvalue weighted by Crippen LogP contribution is 2.26. The van der Waals surface area contributed by atoms with Crippen molar-refractivity contribution in [3.8, 4) is 6.07 Å². The predicted octanol–water partition coefficient (Wildman–Crippen LogP) is 2.59. The molecule has 2 rings (SSSR count). The molecule has 0 aromatic heterocycles. The molecule has 1 aromatic rings. The summed E-state index contributed by atoms with van der Waals surface area (Å²) in [5.74, 6) is 0. The molecule has 0 saturated carbocycles. The van der Waals surface area contributed by atoms with Gasteiger partial charge >= 0.3 is 6.09 Å². The van der Waals surface area contributed by atoms with Crippen LogP contribution in [0.15, 0.2) is 18.2 Å². The Morgan fingerprint density at radius 2 is 2.17 bits per heavy atom. The Morgan fingerprint density at radius 1 is 1.48 bits per heavy atom. The second kappa shape index (κ2) is 6.37. The first-order valence-corrected chi connectivity index (χ1v) is 7.71. The molecule has 6 nitrogen and oxygen atoms in total. The van der Waals surface area contributed by atoms with Crippen LogP contribution in [0.5, 0.6) is 0 Å².